The van der Waals surface area contributed by atoms with Crippen LogP contribution >= 0.6 is 0 Å². The quantitative estimate of drug-likeness (QED) is 0.518. The first-order chi connectivity index (χ1) is 5.45. The number of halogens is 3. The Hall–Kier alpha value is -0.550. The maximum atomic E-state index is 11.5. The number of rotatable bonds is 5. The minimum Gasteiger partial charge on any atom is -0.389 e. The smallest absolute Gasteiger partial charge is 0.389 e. The van der Waals surface area contributed by atoms with Crippen LogP contribution in [0.1, 0.15) is 6.42 Å². The van der Waals surface area contributed by atoms with Crippen molar-refractivity contribution in [2.24, 2.45) is 0 Å². The standard InChI is InChI=1S/C7H11F3O2/c1-2-6(11)3-4-12-5-7(8,9)10/h2,6,11H,1,3-5H2. The molecular weight excluding hydrogens is 173 g/mol. The van der Waals surface area contributed by atoms with E-state index in [0.717, 1.165) is 0 Å². The first-order valence-corrected chi connectivity index (χ1v) is 3.41. The van der Waals surface area contributed by atoms with Crippen molar-refractivity contribution < 1.29 is 23.0 Å². The van der Waals surface area contributed by atoms with Gasteiger partial charge in [-0.1, -0.05) is 6.08 Å². The monoisotopic (exact) mass is 184 g/mol. The molecule has 0 bridgehead atoms. The van der Waals surface area contributed by atoms with Crippen LogP contribution < -0.4 is 0 Å². The Morgan fingerprint density at radius 3 is 2.50 bits per heavy atom. The normalized spacial score (nSPS) is 14.3. The molecule has 1 N–H and O–H groups in total. The Morgan fingerprint density at radius 1 is 1.50 bits per heavy atom. The van der Waals surface area contributed by atoms with Crippen LogP contribution in [0.15, 0.2) is 12.7 Å². The second-order valence-electron chi connectivity index (χ2n) is 2.26. The molecule has 0 rings (SSSR count). The van der Waals surface area contributed by atoms with Gasteiger partial charge in [0.05, 0.1) is 6.10 Å². The summed E-state index contributed by atoms with van der Waals surface area (Å²) in [5.41, 5.74) is 0. The Morgan fingerprint density at radius 2 is 2.08 bits per heavy atom. The summed E-state index contributed by atoms with van der Waals surface area (Å²) in [6, 6.07) is 0. The molecule has 0 aromatic carbocycles. The summed E-state index contributed by atoms with van der Waals surface area (Å²) < 4.78 is 38.6. The van der Waals surface area contributed by atoms with E-state index < -0.39 is 18.9 Å². The molecule has 0 spiro atoms. The Balaban J connectivity index is 3.27. The van der Waals surface area contributed by atoms with Crippen LogP contribution in [-0.2, 0) is 4.74 Å². The van der Waals surface area contributed by atoms with Crippen LogP contribution in [0.5, 0.6) is 0 Å². The molecule has 0 saturated carbocycles. The van der Waals surface area contributed by atoms with Crippen molar-refractivity contribution in [3.8, 4) is 0 Å². The summed E-state index contributed by atoms with van der Waals surface area (Å²) in [5.74, 6) is 0. The van der Waals surface area contributed by atoms with Gasteiger partial charge in [-0.15, -0.1) is 6.58 Å². The molecule has 0 aliphatic carbocycles. The number of hydrogen-bond acceptors (Lipinski definition) is 2. The highest BCUT2D eigenvalue weighted by atomic mass is 19.4. The third kappa shape index (κ3) is 7.56. The van der Waals surface area contributed by atoms with Gasteiger partial charge in [0.1, 0.15) is 6.61 Å². The number of aliphatic hydroxyl groups is 1. The number of ether oxygens (including phenoxy) is 1. The third-order valence-corrected chi connectivity index (χ3v) is 1.10. The maximum Gasteiger partial charge on any atom is 0.411 e. The highest BCUT2D eigenvalue weighted by molar-refractivity contribution is 4.77. The fraction of sp³-hybridized carbons (Fsp3) is 0.714. The van der Waals surface area contributed by atoms with Crippen LogP contribution in [0.3, 0.4) is 0 Å². The van der Waals surface area contributed by atoms with Gasteiger partial charge in [0, 0.05) is 13.0 Å². The molecule has 5 heteroatoms. The maximum absolute atomic E-state index is 11.5. The fourth-order valence-electron chi connectivity index (χ4n) is 0.510. The van der Waals surface area contributed by atoms with Crippen LogP contribution in [0.2, 0.25) is 0 Å². The highest BCUT2D eigenvalue weighted by Crippen LogP contribution is 2.14. The van der Waals surface area contributed by atoms with Crippen molar-refractivity contribution in [3.63, 3.8) is 0 Å². The van der Waals surface area contributed by atoms with Crippen molar-refractivity contribution in [2.75, 3.05) is 13.2 Å². The molecule has 2 nitrogen and oxygen atoms in total. The lowest BCUT2D eigenvalue weighted by molar-refractivity contribution is -0.174. The lowest BCUT2D eigenvalue weighted by Gasteiger charge is -2.08. The molecule has 72 valence electrons. The largest absolute Gasteiger partial charge is 0.411 e. The summed E-state index contributed by atoms with van der Waals surface area (Å²) in [6.45, 7) is 1.87. The molecule has 0 heterocycles. The summed E-state index contributed by atoms with van der Waals surface area (Å²) in [7, 11) is 0. The second kappa shape index (κ2) is 5.16. The topological polar surface area (TPSA) is 29.5 Å². The van der Waals surface area contributed by atoms with Crippen LogP contribution in [0.4, 0.5) is 13.2 Å². The molecule has 0 radical (unpaired) electrons. The van der Waals surface area contributed by atoms with Crippen molar-refractivity contribution in [1.29, 1.82) is 0 Å². The Kier molecular flexibility index (Phi) is 4.92. The van der Waals surface area contributed by atoms with Crippen LogP contribution in [0.25, 0.3) is 0 Å². The summed E-state index contributed by atoms with van der Waals surface area (Å²) in [6.07, 6.45) is -3.70. The molecule has 0 saturated heterocycles. The lowest BCUT2D eigenvalue weighted by Crippen LogP contribution is -2.18. The van der Waals surface area contributed by atoms with E-state index in [1.165, 1.54) is 6.08 Å². The van der Waals surface area contributed by atoms with Gasteiger partial charge in [-0.05, 0) is 0 Å². The van der Waals surface area contributed by atoms with Gasteiger partial charge in [0.25, 0.3) is 0 Å². The first kappa shape index (κ1) is 11.4. The molecule has 0 aromatic rings. The van der Waals surface area contributed by atoms with E-state index in [1.807, 2.05) is 0 Å². The zero-order valence-corrected chi connectivity index (χ0v) is 6.47. The zero-order chi connectivity index (χ0) is 9.61. The molecule has 1 atom stereocenters. The minimum absolute atomic E-state index is 0.118. The minimum atomic E-state index is -4.29. The van der Waals surface area contributed by atoms with Gasteiger partial charge in [-0.25, -0.2) is 0 Å². The van der Waals surface area contributed by atoms with Gasteiger partial charge in [-0.3, -0.25) is 0 Å². The summed E-state index contributed by atoms with van der Waals surface area (Å²) >= 11 is 0. The molecule has 0 fully saturated rings. The summed E-state index contributed by atoms with van der Waals surface area (Å²) in [5, 5.41) is 8.81. The van der Waals surface area contributed by atoms with E-state index in [9.17, 15) is 13.2 Å². The van der Waals surface area contributed by atoms with Crippen molar-refractivity contribution in [1.82, 2.24) is 0 Å². The lowest BCUT2D eigenvalue weighted by atomic mass is 10.3. The van der Waals surface area contributed by atoms with Crippen molar-refractivity contribution in [2.45, 2.75) is 18.7 Å². The predicted octanol–water partition coefficient (Wildman–Crippen LogP) is 1.50. The molecule has 0 aromatic heterocycles. The van der Waals surface area contributed by atoms with Gasteiger partial charge < -0.3 is 9.84 Å². The average Bonchev–Trinajstić information content (AvgIpc) is 1.96. The van der Waals surface area contributed by atoms with E-state index in [0.29, 0.717) is 0 Å². The van der Waals surface area contributed by atoms with E-state index in [2.05, 4.69) is 11.3 Å². The molecule has 12 heavy (non-hydrogen) atoms. The van der Waals surface area contributed by atoms with Gasteiger partial charge >= 0.3 is 6.18 Å². The zero-order valence-electron chi connectivity index (χ0n) is 6.47. The van der Waals surface area contributed by atoms with E-state index in [4.69, 9.17) is 5.11 Å². The average molecular weight is 184 g/mol. The van der Waals surface area contributed by atoms with E-state index in [-0.39, 0.29) is 13.0 Å². The van der Waals surface area contributed by atoms with E-state index in [1.54, 1.807) is 0 Å². The van der Waals surface area contributed by atoms with Crippen molar-refractivity contribution >= 4 is 0 Å². The van der Waals surface area contributed by atoms with Crippen LogP contribution in [0, 0.1) is 0 Å². The Bertz CT molecular complexity index is 133. The predicted molar refractivity (Wildman–Crippen MR) is 37.7 cm³/mol. The highest BCUT2D eigenvalue weighted by Gasteiger charge is 2.27. The molecule has 1 unspecified atom stereocenters. The number of hydrogen-bond donors (Lipinski definition) is 1. The second-order valence-corrected chi connectivity index (χ2v) is 2.26. The third-order valence-electron chi connectivity index (χ3n) is 1.10. The van der Waals surface area contributed by atoms with Gasteiger partial charge in [0.2, 0.25) is 0 Å². The number of alkyl halides is 3. The SMILES string of the molecule is C=CC(O)CCOCC(F)(F)F. The molecular formula is C7H11F3O2. The molecule has 0 amide bonds. The summed E-state index contributed by atoms with van der Waals surface area (Å²) in [4.78, 5) is 0. The number of aliphatic hydroxyl groups excluding tert-OH is 1. The van der Waals surface area contributed by atoms with Crippen LogP contribution in [-0.4, -0.2) is 30.6 Å². The molecule has 0 aliphatic heterocycles. The fourth-order valence-corrected chi connectivity index (χ4v) is 0.510. The van der Waals surface area contributed by atoms with Gasteiger partial charge in [-0.2, -0.15) is 13.2 Å². The van der Waals surface area contributed by atoms with E-state index >= 15 is 0 Å². The first-order valence-electron chi connectivity index (χ1n) is 3.41. The van der Waals surface area contributed by atoms with Gasteiger partial charge in [0.15, 0.2) is 0 Å². The van der Waals surface area contributed by atoms with Crippen molar-refractivity contribution in [3.05, 3.63) is 12.7 Å². The molecule has 0 aliphatic rings. The Labute approximate surface area is 68.6 Å².